The highest BCUT2D eigenvalue weighted by Gasteiger charge is 2.18. The third-order valence-electron chi connectivity index (χ3n) is 4.34. The predicted octanol–water partition coefficient (Wildman–Crippen LogP) is 5.99. The molecular formula is C21H13FN4S2. The number of fused-ring (bicyclic) bond motifs is 1. The molecular weight excluding hydrogens is 391 g/mol. The van der Waals surface area contributed by atoms with Crippen molar-refractivity contribution in [1.29, 1.82) is 0 Å². The van der Waals surface area contributed by atoms with Crippen molar-refractivity contribution in [1.82, 2.24) is 19.9 Å². The lowest BCUT2D eigenvalue weighted by atomic mass is 10.1. The highest BCUT2D eigenvalue weighted by atomic mass is 32.1. The maximum Gasteiger partial charge on any atom is 0.142 e. The summed E-state index contributed by atoms with van der Waals surface area (Å²) in [4.78, 5) is 18.9. The van der Waals surface area contributed by atoms with E-state index >= 15 is 0 Å². The van der Waals surface area contributed by atoms with Gasteiger partial charge in [0.2, 0.25) is 0 Å². The van der Waals surface area contributed by atoms with Crippen LogP contribution in [0.5, 0.6) is 0 Å². The van der Waals surface area contributed by atoms with Gasteiger partial charge in [0.15, 0.2) is 0 Å². The molecule has 0 fully saturated rings. The summed E-state index contributed by atoms with van der Waals surface area (Å²) in [6.45, 7) is 1.95. The van der Waals surface area contributed by atoms with Gasteiger partial charge in [-0.05, 0) is 42.6 Å². The number of aromatic nitrogens is 4. The van der Waals surface area contributed by atoms with Crippen molar-refractivity contribution in [3.05, 3.63) is 71.9 Å². The van der Waals surface area contributed by atoms with Gasteiger partial charge in [-0.3, -0.25) is 9.97 Å². The first-order chi connectivity index (χ1) is 13.7. The largest absolute Gasteiger partial charge is 0.261 e. The van der Waals surface area contributed by atoms with E-state index < -0.39 is 0 Å². The van der Waals surface area contributed by atoms with Gasteiger partial charge in [0.05, 0.1) is 33.8 Å². The van der Waals surface area contributed by atoms with Crippen LogP contribution in [0.1, 0.15) is 5.69 Å². The monoisotopic (exact) mass is 404 g/mol. The predicted molar refractivity (Wildman–Crippen MR) is 112 cm³/mol. The van der Waals surface area contributed by atoms with Crippen molar-refractivity contribution < 1.29 is 4.39 Å². The number of nitrogens with zero attached hydrogens (tertiary/aromatic N) is 4. The summed E-state index contributed by atoms with van der Waals surface area (Å²) in [6.07, 6.45) is 4.59. The molecule has 0 aliphatic rings. The number of hydrogen-bond acceptors (Lipinski definition) is 6. The van der Waals surface area contributed by atoms with Crippen LogP contribution in [-0.2, 0) is 0 Å². The van der Waals surface area contributed by atoms with Gasteiger partial charge in [0.25, 0.3) is 0 Å². The lowest BCUT2D eigenvalue weighted by Crippen LogP contribution is -1.90. The summed E-state index contributed by atoms with van der Waals surface area (Å²) in [5.41, 5.74) is 4.07. The Bertz CT molecular complexity index is 1290. The standard InChI is InChI=1S/C21H13FN4S2/c1-12-20(28-21(25-12)13-8-14(22)11-23-10-13)19-15-5-7-27-18(15)9-17(26-19)16-4-2-3-6-24-16/h2-11H,1H3. The van der Waals surface area contributed by atoms with Gasteiger partial charge in [-0.15, -0.1) is 22.7 Å². The molecule has 0 spiro atoms. The molecule has 28 heavy (non-hydrogen) atoms. The fourth-order valence-corrected chi connectivity index (χ4v) is 4.93. The SMILES string of the molecule is Cc1nc(-c2cncc(F)c2)sc1-c1nc(-c2ccccn2)cc2sccc12. The van der Waals surface area contributed by atoms with E-state index in [9.17, 15) is 4.39 Å². The van der Waals surface area contributed by atoms with E-state index in [4.69, 9.17) is 4.98 Å². The summed E-state index contributed by atoms with van der Waals surface area (Å²) in [5, 5.41) is 3.87. The quantitative estimate of drug-likeness (QED) is 0.370. The molecule has 5 heterocycles. The van der Waals surface area contributed by atoms with Crippen molar-refractivity contribution in [3.8, 4) is 32.5 Å². The number of aryl methyl sites for hydroxylation is 1. The third kappa shape index (κ3) is 2.98. The van der Waals surface area contributed by atoms with E-state index in [0.29, 0.717) is 5.56 Å². The Labute approximate surface area is 168 Å². The summed E-state index contributed by atoms with van der Waals surface area (Å²) >= 11 is 3.17. The Kier molecular flexibility index (Phi) is 4.18. The maximum atomic E-state index is 13.6. The molecule has 4 nitrogen and oxygen atoms in total. The molecule has 7 heteroatoms. The molecule has 0 saturated carbocycles. The number of pyridine rings is 3. The first kappa shape index (κ1) is 17.1. The molecule has 0 saturated heterocycles. The lowest BCUT2D eigenvalue weighted by molar-refractivity contribution is 0.622. The second kappa shape index (κ2) is 6.85. The minimum absolute atomic E-state index is 0.373. The van der Waals surface area contributed by atoms with Crippen LogP contribution in [0.3, 0.4) is 0 Å². The summed E-state index contributed by atoms with van der Waals surface area (Å²) in [6, 6.07) is 11.4. The molecule has 0 aliphatic heterocycles. The normalized spacial score (nSPS) is 11.2. The van der Waals surface area contributed by atoms with Crippen molar-refractivity contribution in [2.24, 2.45) is 0 Å². The highest BCUT2D eigenvalue weighted by Crippen LogP contribution is 2.40. The van der Waals surface area contributed by atoms with Gasteiger partial charge in [0.1, 0.15) is 10.8 Å². The minimum Gasteiger partial charge on any atom is -0.261 e. The van der Waals surface area contributed by atoms with E-state index in [1.807, 2.05) is 25.1 Å². The molecule has 5 aromatic rings. The van der Waals surface area contributed by atoms with Gasteiger partial charge < -0.3 is 0 Å². The number of thiazole rings is 1. The molecule has 0 unspecified atom stereocenters. The van der Waals surface area contributed by atoms with Gasteiger partial charge in [-0.1, -0.05) is 6.07 Å². The highest BCUT2D eigenvalue weighted by molar-refractivity contribution is 7.19. The molecule has 0 aromatic carbocycles. The fraction of sp³-hybridized carbons (Fsp3) is 0.0476. The number of hydrogen-bond donors (Lipinski definition) is 0. The van der Waals surface area contributed by atoms with Crippen molar-refractivity contribution in [2.75, 3.05) is 0 Å². The second-order valence-electron chi connectivity index (χ2n) is 6.23. The zero-order valence-electron chi connectivity index (χ0n) is 14.8. The molecule has 0 aliphatic carbocycles. The first-order valence-electron chi connectivity index (χ1n) is 8.57. The number of halogens is 1. The lowest BCUT2D eigenvalue weighted by Gasteiger charge is -2.06. The van der Waals surface area contributed by atoms with E-state index in [2.05, 4.69) is 32.5 Å². The van der Waals surface area contributed by atoms with E-state index in [-0.39, 0.29) is 5.82 Å². The average molecular weight is 404 g/mol. The molecule has 136 valence electrons. The van der Waals surface area contributed by atoms with Crippen LogP contribution >= 0.6 is 22.7 Å². The van der Waals surface area contributed by atoms with Crippen LogP contribution in [0.2, 0.25) is 0 Å². The van der Waals surface area contributed by atoms with E-state index in [0.717, 1.165) is 42.7 Å². The summed E-state index contributed by atoms with van der Waals surface area (Å²) in [5.74, 6) is -0.373. The molecule has 0 N–H and O–H groups in total. The zero-order chi connectivity index (χ0) is 19.1. The Morgan fingerprint density at radius 1 is 1.00 bits per heavy atom. The zero-order valence-corrected chi connectivity index (χ0v) is 16.4. The molecule has 5 rings (SSSR count). The smallest absolute Gasteiger partial charge is 0.142 e. The Balaban J connectivity index is 1.70. The Morgan fingerprint density at radius 2 is 1.93 bits per heavy atom. The van der Waals surface area contributed by atoms with Crippen LogP contribution in [0.15, 0.2) is 60.4 Å². The molecule has 0 radical (unpaired) electrons. The van der Waals surface area contributed by atoms with Gasteiger partial charge in [-0.25, -0.2) is 14.4 Å². The maximum absolute atomic E-state index is 13.6. The molecule has 0 amide bonds. The van der Waals surface area contributed by atoms with Crippen molar-refractivity contribution >= 4 is 32.8 Å². The number of thiophene rings is 1. The molecule has 0 atom stereocenters. The molecule has 5 aromatic heterocycles. The van der Waals surface area contributed by atoms with Crippen LogP contribution < -0.4 is 0 Å². The van der Waals surface area contributed by atoms with Crippen LogP contribution in [-0.4, -0.2) is 19.9 Å². The van der Waals surface area contributed by atoms with E-state index in [1.54, 1.807) is 23.7 Å². The Hall–Kier alpha value is -3.03. The topological polar surface area (TPSA) is 51.6 Å². The third-order valence-corrected chi connectivity index (χ3v) is 6.42. The van der Waals surface area contributed by atoms with Crippen LogP contribution in [0, 0.1) is 12.7 Å². The van der Waals surface area contributed by atoms with E-state index in [1.165, 1.54) is 23.6 Å². The molecule has 0 bridgehead atoms. The Morgan fingerprint density at radius 3 is 2.75 bits per heavy atom. The second-order valence-corrected chi connectivity index (χ2v) is 8.18. The van der Waals surface area contributed by atoms with Gasteiger partial charge >= 0.3 is 0 Å². The summed E-state index contributed by atoms with van der Waals surface area (Å²) < 4.78 is 14.7. The van der Waals surface area contributed by atoms with Crippen molar-refractivity contribution in [2.45, 2.75) is 6.92 Å². The minimum atomic E-state index is -0.373. The first-order valence-corrected chi connectivity index (χ1v) is 10.3. The number of rotatable bonds is 3. The van der Waals surface area contributed by atoms with Crippen LogP contribution in [0.25, 0.3) is 42.6 Å². The van der Waals surface area contributed by atoms with Gasteiger partial charge in [-0.2, -0.15) is 0 Å². The summed E-state index contributed by atoms with van der Waals surface area (Å²) in [7, 11) is 0. The average Bonchev–Trinajstić information content (AvgIpc) is 3.34. The van der Waals surface area contributed by atoms with Gasteiger partial charge in [0, 0.05) is 28.0 Å². The fourth-order valence-electron chi connectivity index (χ4n) is 3.05. The van der Waals surface area contributed by atoms with Crippen molar-refractivity contribution in [3.63, 3.8) is 0 Å². The van der Waals surface area contributed by atoms with Crippen LogP contribution in [0.4, 0.5) is 4.39 Å².